The van der Waals surface area contributed by atoms with Gasteiger partial charge in [0.25, 0.3) is 0 Å². The number of aromatic amines is 1. The summed E-state index contributed by atoms with van der Waals surface area (Å²) in [5.74, 6) is -2.22. The number of fused-ring (bicyclic) bond motifs is 1. The Kier molecular flexibility index (Phi) is 6.57. The lowest BCUT2D eigenvalue weighted by Crippen LogP contribution is -2.43. The van der Waals surface area contributed by atoms with Gasteiger partial charge in [-0.05, 0) is 25.2 Å². The van der Waals surface area contributed by atoms with E-state index in [0.717, 1.165) is 6.07 Å². The Labute approximate surface area is 199 Å². The Morgan fingerprint density at radius 2 is 2.09 bits per heavy atom. The van der Waals surface area contributed by atoms with Crippen LogP contribution in [0.1, 0.15) is 18.5 Å². The lowest BCUT2D eigenvalue weighted by Gasteiger charge is -2.35. The molecule has 1 aliphatic heterocycles. The normalized spacial score (nSPS) is 15.9. The minimum absolute atomic E-state index is 0.0153. The second-order valence-corrected chi connectivity index (χ2v) is 9.24. The number of H-pyrrole nitrogens is 1. The summed E-state index contributed by atoms with van der Waals surface area (Å²) in [6.45, 7) is 0.564. The van der Waals surface area contributed by atoms with Crippen molar-refractivity contribution < 1.29 is 13.6 Å². The number of rotatable bonds is 4. The van der Waals surface area contributed by atoms with Gasteiger partial charge in [0, 0.05) is 56.0 Å². The third-order valence-electron chi connectivity index (χ3n) is 6.00. The summed E-state index contributed by atoms with van der Waals surface area (Å²) in [7, 11) is 3.31. The number of amides is 1. The van der Waals surface area contributed by atoms with E-state index in [-0.39, 0.29) is 40.7 Å². The van der Waals surface area contributed by atoms with Crippen LogP contribution in [0.15, 0.2) is 34.1 Å². The van der Waals surface area contributed by atoms with Gasteiger partial charge in [0.1, 0.15) is 17.5 Å². The van der Waals surface area contributed by atoms with Crippen molar-refractivity contribution in [3.63, 3.8) is 0 Å². The summed E-state index contributed by atoms with van der Waals surface area (Å²) in [5, 5.41) is 8.94. The molecule has 0 bridgehead atoms. The molecule has 0 unspecified atom stereocenters. The standard InChI is InChI=1S/C24H23F2N5O2S/c1-30(2)24(33)13-5-4-6-31(12-13)23-16(25)8-18-21(22(23)26)19(32)9-17(29-18)15-7-14(10-27)28-11-20(15)34-3/h7-9,11,13H,4-6,12H2,1-3H3,(H,29,32)/t13-/m1/s1. The van der Waals surface area contributed by atoms with Crippen molar-refractivity contribution in [2.24, 2.45) is 5.92 Å². The SMILES string of the molecule is CSc1cnc(C#N)cc1-c1cc(=O)c2c(F)c(N3CCC[C@@H](C(=O)N(C)C)C3)c(F)cc2[nH]1. The van der Waals surface area contributed by atoms with E-state index in [1.165, 1.54) is 39.9 Å². The highest BCUT2D eigenvalue weighted by molar-refractivity contribution is 7.98. The highest BCUT2D eigenvalue weighted by Crippen LogP contribution is 2.34. The van der Waals surface area contributed by atoms with Crippen molar-refractivity contribution in [1.29, 1.82) is 5.26 Å². The molecule has 1 saturated heterocycles. The first-order valence-electron chi connectivity index (χ1n) is 10.7. The maximum atomic E-state index is 15.6. The van der Waals surface area contributed by atoms with Crippen LogP contribution < -0.4 is 10.3 Å². The quantitative estimate of drug-likeness (QED) is 0.568. The van der Waals surface area contributed by atoms with Crippen LogP contribution in [0.3, 0.4) is 0 Å². The van der Waals surface area contributed by atoms with Gasteiger partial charge >= 0.3 is 0 Å². The number of anilines is 1. The second-order valence-electron chi connectivity index (χ2n) is 8.39. The summed E-state index contributed by atoms with van der Waals surface area (Å²) in [6, 6.07) is 5.84. The van der Waals surface area contributed by atoms with E-state index in [1.807, 2.05) is 12.3 Å². The maximum absolute atomic E-state index is 15.6. The van der Waals surface area contributed by atoms with Crippen LogP contribution in [0, 0.1) is 28.9 Å². The van der Waals surface area contributed by atoms with Crippen molar-refractivity contribution in [3.8, 4) is 17.3 Å². The fourth-order valence-electron chi connectivity index (χ4n) is 4.39. The van der Waals surface area contributed by atoms with E-state index in [1.54, 1.807) is 14.1 Å². The van der Waals surface area contributed by atoms with Crippen LogP contribution in [0.2, 0.25) is 0 Å². The molecule has 1 fully saturated rings. The largest absolute Gasteiger partial charge is 0.366 e. The van der Waals surface area contributed by atoms with Crippen molar-refractivity contribution in [1.82, 2.24) is 14.9 Å². The van der Waals surface area contributed by atoms with Gasteiger partial charge in [-0.25, -0.2) is 13.8 Å². The Hall–Kier alpha value is -3.45. The number of aromatic nitrogens is 2. The third-order valence-corrected chi connectivity index (χ3v) is 6.77. The summed E-state index contributed by atoms with van der Waals surface area (Å²) < 4.78 is 30.8. The number of thioether (sulfide) groups is 1. The van der Waals surface area contributed by atoms with Crippen LogP contribution in [-0.4, -0.2) is 54.2 Å². The topological polar surface area (TPSA) is 93.1 Å². The summed E-state index contributed by atoms with van der Waals surface area (Å²) in [6.07, 6.45) is 4.59. The molecule has 7 nitrogen and oxygen atoms in total. The smallest absolute Gasteiger partial charge is 0.226 e. The molecule has 3 heterocycles. The number of benzene rings is 1. The van der Waals surface area contributed by atoms with Gasteiger partial charge in [-0.2, -0.15) is 5.26 Å². The molecule has 10 heteroatoms. The van der Waals surface area contributed by atoms with Crippen molar-refractivity contribution in [2.75, 3.05) is 38.3 Å². The van der Waals surface area contributed by atoms with Gasteiger partial charge in [-0.3, -0.25) is 9.59 Å². The Morgan fingerprint density at radius 3 is 2.76 bits per heavy atom. The van der Waals surface area contributed by atoms with Crippen LogP contribution in [0.25, 0.3) is 22.2 Å². The number of carbonyl (C=O) groups excluding carboxylic acids is 1. The molecule has 0 aliphatic carbocycles. The van der Waals surface area contributed by atoms with Crippen molar-refractivity contribution in [2.45, 2.75) is 17.7 Å². The molecule has 0 spiro atoms. The number of nitrogens with one attached hydrogen (secondary N) is 1. The van der Waals surface area contributed by atoms with Crippen LogP contribution in [0.4, 0.5) is 14.5 Å². The Balaban J connectivity index is 1.82. The number of pyridine rings is 2. The first kappa shape index (κ1) is 23.7. The number of halogens is 2. The maximum Gasteiger partial charge on any atom is 0.226 e. The van der Waals surface area contributed by atoms with E-state index in [2.05, 4.69) is 9.97 Å². The zero-order chi connectivity index (χ0) is 24.6. The number of piperidine rings is 1. The molecule has 34 heavy (non-hydrogen) atoms. The van der Waals surface area contributed by atoms with E-state index in [0.29, 0.717) is 35.5 Å². The van der Waals surface area contributed by atoms with Gasteiger partial charge in [0.15, 0.2) is 17.1 Å². The molecule has 1 amide bonds. The van der Waals surface area contributed by atoms with Gasteiger partial charge in [-0.15, -0.1) is 11.8 Å². The summed E-state index contributed by atoms with van der Waals surface area (Å²) in [5.41, 5.74) is 0.158. The fraction of sp³-hybridized carbons (Fsp3) is 0.333. The van der Waals surface area contributed by atoms with Crippen molar-refractivity contribution >= 4 is 34.3 Å². The summed E-state index contributed by atoms with van der Waals surface area (Å²) >= 11 is 1.37. The first-order chi connectivity index (χ1) is 16.2. The predicted octanol–water partition coefficient (Wildman–Crippen LogP) is 3.77. The monoisotopic (exact) mass is 483 g/mol. The molecule has 3 aromatic rings. The molecular weight excluding hydrogens is 460 g/mol. The molecule has 1 aromatic carbocycles. The van der Waals surface area contributed by atoms with E-state index >= 15 is 8.78 Å². The van der Waals surface area contributed by atoms with Gasteiger partial charge in [-0.1, -0.05) is 0 Å². The average molecular weight is 484 g/mol. The molecule has 4 rings (SSSR count). The number of carbonyl (C=O) groups is 1. The average Bonchev–Trinajstić information content (AvgIpc) is 2.82. The lowest BCUT2D eigenvalue weighted by molar-refractivity contribution is -0.133. The molecule has 1 aliphatic rings. The van der Waals surface area contributed by atoms with E-state index < -0.39 is 17.1 Å². The molecule has 2 aromatic heterocycles. The highest BCUT2D eigenvalue weighted by atomic mass is 32.2. The van der Waals surface area contributed by atoms with Gasteiger partial charge in [0.2, 0.25) is 5.91 Å². The molecule has 176 valence electrons. The minimum Gasteiger partial charge on any atom is -0.366 e. The number of nitriles is 1. The van der Waals surface area contributed by atoms with E-state index in [4.69, 9.17) is 0 Å². The third kappa shape index (κ3) is 4.23. The van der Waals surface area contributed by atoms with Gasteiger partial charge < -0.3 is 14.8 Å². The minimum atomic E-state index is -0.946. The fourth-order valence-corrected chi connectivity index (χ4v) is 4.94. The molecule has 0 radical (unpaired) electrons. The zero-order valence-corrected chi connectivity index (χ0v) is 19.8. The lowest BCUT2D eigenvalue weighted by atomic mass is 9.96. The van der Waals surface area contributed by atoms with Crippen LogP contribution >= 0.6 is 11.8 Å². The Morgan fingerprint density at radius 1 is 1.32 bits per heavy atom. The first-order valence-corrected chi connectivity index (χ1v) is 11.9. The molecule has 1 atom stereocenters. The number of hydrogen-bond acceptors (Lipinski definition) is 6. The second kappa shape index (κ2) is 9.43. The van der Waals surface area contributed by atoms with Crippen LogP contribution in [0.5, 0.6) is 0 Å². The predicted molar refractivity (Wildman–Crippen MR) is 128 cm³/mol. The molecule has 1 N–H and O–H groups in total. The number of hydrogen-bond donors (Lipinski definition) is 1. The van der Waals surface area contributed by atoms with Gasteiger partial charge in [0.05, 0.1) is 22.5 Å². The van der Waals surface area contributed by atoms with E-state index in [9.17, 15) is 14.9 Å². The van der Waals surface area contributed by atoms with Crippen LogP contribution in [-0.2, 0) is 4.79 Å². The molecule has 0 saturated carbocycles. The van der Waals surface area contributed by atoms with Crippen molar-refractivity contribution in [3.05, 3.63) is 51.9 Å². The zero-order valence-electron chi connectivity index (χ0n) is 19.0. The molecular formula is C24H23F2N5O2S. The number of nitrogens with zero attached hydrogens (tertiary/aromatic N) is 4. The Bertz CT molecular complexity index is 1380. The highest BCUT2D eigenvalue weighted by Gasteiger charge is 2.31. The summed E-state index contributed by atoms with van der Waals surface area (Å²) in [4.78, 5) is 36.1.